The second-order valence-electron chi connectivity index (χ2n) is 7.35. The fourth-order valence-corrected chi connectivity index (χ4v) is 3.56. The van der Waals surface area contributed by atoms with E-state index in [0.29, 0.717) is 17.6 Å². The normalized spacial score (nSPS) is 21.1. The van der Waals surface area contributed by atoms with Crippen molar-refractivity contribution < 1.29 is 9.50 Å². The first kappa shape index (κ1) is 23.4. The van der Waals surface area contributed by atoms with Crippen molar-refractivity contribution in [2.24, 2.45) is 4.99 Å². The molecule has 1 aromatic rings. The highest BCUT2D eigenvalue weighted by Gasteiger charge is 2.24. The molecule has 0 unspecified atom stereocenters. The average Bonchev–Trinajstić information content (AvgIpc) is 2.54. The van der Waals surface area contributed by atoms with Crippen molar-refractivity contribution in [2.75, 3.05) is 13.1 Å². The Kier molecular flexibility index (Phi) is 9.61. The monoisotopic (exact) mass is 497 g/mol. The first-order valence-corrected chi connectivity index (χ1v) is 9.38. The molecule has 0 amide bonds. The molecule has 1 aliphatic carbocycles. The fraction of sp³-hybridized carbons (Fsp3) is 0.632. The molecule has 0 aliphatic heterocycles. The smallest absolute Gasteiger partial charge is 0.191 e. The van der Waals surface area contributed by atoms with Gasteiger partial charge in [0.15, 0.2) is 5.96 Å². The predicted octanol–water partition coefficient (Wildman–Crippen LogP) is 4.23. The molecule has 0 heterocycles. The zero-order valence-corrected chi connectivity index (χ0v) is 18.8. The molecule has 1 aromatic carbocycles. The Morgan fingerprint density at radius 2 is 1.96 bits per heavy atom. The highest BCUT2D eigenvalue weighted by molar-refractivity contribution is 14.0. The van der Waals surface area contributed by atoms with Crippen LogP contribution in [0.1, 0.15) is 52.0 Å². The van der Waals surface area contributed by atoms with Crippen molar-refractivity contribution in [1.82, 2.24) is 10.6 Å². The van der Waals surface area contributed by atoms with Crippen LogP contribution < -0.4 is 10.6 Å². The molecule has 26 heavy (non-hydrogen) atoms. The van der Waals surface area contributed by atoms with Gasteiger partial charge in [-0.25, -0.2) is 4.39 Å². The second-order valence-corrected chi connectivity index (χ2v) is 7.76. The minimum atomic E-state index is -0.331. The van der Waals surface area contributed by atoms with E-state index in [1.54, 1.807) is 6.07 Å². The molecule has 4 nitrogen and oxygen atoms in total. The van der Waals surface area contributed by atoms with Gasteiger partial charge in [0.1, 0.15) is 5.82 Å². The van der Waals surface area contributed by atoms with Gasteiger partial charge in [-0.05, 0) is 50.3 Å². The SMILES string of the molecule is CCNC(=NCC(C)(C)c1ccc(F)cc1Cl)NC1CCC(O)CC1.I. The third-order valence-corrected chi connectivity index (χ3v) is 4.99. The number of halogens is 3. The largest absolute Gasteiger partial charge is 0.393 e. The minimum Gasteiger partial charge on any atom is -0.393 e. The van der Waals surface area contributed by atoms with Gasteiger partial charge >= 0.3 is 0 Å². The third-order valence-electron chi connectivity index (χ3n) is 4.67. The van der Waals surface area contributed by atoms with Gasteiger partial charge < -0.3 is 15.7 Å². The van der Waals surface area contributed by atoms with E-state index in [9.17, 15) is 9.50 Å². The van der Waals surface area contributed by atoms with E-state index in [-0.39, 0.29) is 41.3 Å². The lowest BCUT2D eigenvalue weighted by molar-refractivity contribution is 0.120. The Morgan fingerprint density at radius 1 is 1.31 bits per heavy atom. The molecule has 7 heteroatoms. The number of nitrogens with one attached hydrogen (secondary N) is 2. The molecular weight excluding hydrogens is 468 g/mol. The number of guanidine groups is 1. The molecule has 2 rings (SSSR count). The molecule has 1 saturated carbocycles. The number of aliphatic hydroxyl groups is 1. The Balaban J connectivity index is 0.00000338. The van der Waals surface area contributed by atoms with Crippen LogP contribution in [-0.2, 0) is 5.41 Å². The van der Waals surface area contributed by atoms with E-state index in [4.69, 9.17) is 16.6 Å². The van der Waals surface area contributed by atoms with E-state index in [1.165, 1.54) is 12.1 Å². The summed E-state index contributed by atoms with van der Waals surface area (Å²) >= 11 is 6.22. The maximum absolute atomic E-state index is 13.3. The number of aliphatic hydroxyl groups excluding tert-OH is 1. The van der Waals surface area contributed by atoms with Crippen molar-refractivity contribution in [1.29, 1.82) is 0 Å². The van der Waals surface area contributed by atoms with Gasteiger partial charge in [-0.1, -0.05) is 31.5 Å². The Morgan fingerprint density at radius 3 is 2.54 bits per heavy atom. The van der Waals surface area contributed by atoms with E-state index in [2.05, 4.69) is 24.5 Å². The molecule has 0 bridgehead atoms. The number of hydrogen-bond acceptors (Lipinski definition) is 2. The van der Waals surface area contributed by atoms with Crippen LogP contribution in [-0.4, -0.2) is 36.3 Å². The number of hydrogen-bond donors (Lipinski definition) is 3. The molecule has 0 atom stereocenters. The highest BCUT2D eigenvalue weighted by Crippen LogP contribution is 2.30. The summed E-state index contributed by atoms with van der Waals surface area (Å²) in [5.41, 5.74) is 0.576. The van der Waals surface area contributed by atoms with Crippen LogP contribution in [0.25, 0.3) is 0 Å². The summed E-state index contributed by atoms with van der Waals surface area (Å²) in [6, 6.07) is 4.84. The van der Waals surface area contributed by atoms with Crippen LogP contribution in [0, 0.1) is 5.82 Å². The summed E-state index contributed by atoms with van der Waals surface area (Å²) in [6.45, 7) is 7.44. The van der Waals surface area contributed by atoms with Crippen molar-refractivity contribution in [3.05, 3.63) is 34.6 Å². The quantitative estimate of drug-likeness (QED) is 0.324. The lowest BCUT2D eigenvalue weighted by Crippen LogP contribution is -2.45. The third kappa shape index (κ3) is 6.85. The Hall–Kier alpha value is -0.600. The van der Waals surface area contributed by atoms with E-state index in [1.807, 2.05) is 6.92 Å². The first-order valence-electron chi connectivity index (χ1n) is 9.00. The van der Waals surface area contributed by atoms with Gasteiger partial charge in [-0.15, -0.1) is 24.0 Å². The van der Waals surface area contributed by atoms with Crippen molar-refractivity contribution in [3.8, 4) is 0 Å². The van der Waals surface area contributed by atoms with Gasteiger partial charge in [0, 0.05) is 23.0 Å². The maximum Gasteiger partial charge on any atom is 0.191 e. The van der Waals surface area contributed by atoms with Crippen molar-refractivity contribution >= 4 is 41.5 Å². The topological polar surface area (TPSA) is 56.7 Å². The van der Waals surface area contributed by atoms with Gasteiger partial charge in [0.25, 0.3) is 0 Å². The molecule has 1 aliphatic rings. The van der Waals surface area contributed by atoms with Gasteiger partial charge in [0.05, 0.1) is 12.6 Å². The van der Waals surface area contributed by atoms with E-state index >= 15 is 0 Å². The molecule has 3 N–H and O–H groups in total. The molecule has 0 aromatic heterocycles. The molecule has 1 fully saturated rings. The van der Waals surface area contributed by atoms with Crippen molar-refractivity contribution in [3.63, 3.8) is 0 Å². The lowest BCUT2D eigenvalue weighted by atomic mass is 9.84. The van der Waals surface area contributed by atoms with Gasteiger partial charge in [0.2, 0.25) is 0 Å². The predicted molar refractivity (Wildman–Crippen MR) is 117 cm³/mol. The van der Waals surface area contributed by atoms with Crippen LogP contribution >= 0.6 is 35.6 Å². The zero-order valence-electron chi connectivity index (χ0n) is 15.7. The molecule has 0 saturated heterocycles. The number of aliphatic imine (C=N–C) groups is 1. The molecular formula is C19H30ClFIN3O. The summed E-state index contributed by atoms with van der Waals surface area (Å²) in [7, 11) is 0. The zero-order chi connectivity index (χ0) is 18.4. The van der Waals surface area contributed by atoms with Gasteiger partial charge in [-0.2, -0.15) is 0 Å². The maximum atomic E-state index is 13.3. The van der Waals surface area contributed by atoms with E-state index < -0.39 is 0 Å². The average molecular weight is 498 g/mol. The van der Waals surface area contributed by atoms with E-state index in [0.717, 1.165) is 43.8 Å². The van der Waals surface area contributed by atoms with Crippen LogP contribution in [0.2, 0.25) is 5.02 Å². The van der Waals surface area contributed by atoms with Crippen LogP contribution in [0.3, 0.4) is 0 Å². The Labute approximate surface area is 178 Å². The number of benzene rings is 1. The van der Waals surface area contributed by atoms with Gasteiger partial charge in [-0.3, -0.25) is 4.99 Å². The summed E-state index contributed by atoms with van der Waals surface area (Å²) in [6.07, 6.45) is 3.37. The molecule has 0 spiro atoms. The fourth-order valence-electron chi connectivity index (χ4n) is 3.13. The van der Waals surface area contributed by atoms with Crippen LogP contribution in [0.15, 0.2) is 23.2 Å². The Bertz CT molecular complexity index is 604. The minimum absolute atomic E-state index is 0. The lowest BCUT2D eigenvalue weighted by Gasteiger charge is -2.29. The summed E-state index contributed by atoms with van der Waals surface area (Å²) < 4.78 is 13.3. The standard InChI is InChI=1S/C19H29ClFN3O.HI/c1-4-22-18(24-14-6-8-15(25)9-7-14)23-12-19(2,3)16-10-5-13(21)11-17(16)20;/h5,10-11,14-15,25H,4,6-9,12H2,1-3H3,(H2,22,23,24);1H. The van der Waals surface area contributed by atoms with Crippen LogP contribution in [0.4, 0.5) is 4.39 Å². The molecule has 0 radical (unpaired) electrons. The highest BCUT2D eigenvalue weighted by atomic mass is 127. The van der Waals surface area contributed by atoms with Crippen molar-refractivity contribution in [2.45, 2.75) is 64.0 Å². The summed E-state index contributed by atoms with van der Waals surface area (Å²) in [5, 5.41) is 16.8. The number of rotatable bonds is 5. The molecule has 148 valence electrons. The summed E-state index contributed by atoms with van der Waals surface area (Å²) in [4.78, 5) is 4.72. The van der Waals surface area contributed by atoms with Crippen LogP contribution in [0.5, 0.6) is 0 Å². The summed E-state index contributed by atoms with van der Waals surface area (Å²) in [5.74, 6) is 0.442. The number of nitrogens with zero attached hydrogens (tertiary/aromatic N) is 1. The first-order chi connectivity index (χ1) is 11.8. The second kappa shape index (κ2) is 10.7.